The number of halogens is 3. The lowest BCUT2D eigenvalue weighted by molar-refractivity contribution is 0.0698. The molecule has 2 aromatic rings. The molecule has 7 heteroatoms. The van der Waals surface area contributed by atoms with E-state index in [4.69, 9.17) is 22.4 Å². The van der Waals surface area contributed by atoms with Crippen molar-refractivity contribution in [2.75, 3.05) is 11.1 Å². The minimum absolute atomic E-state index is 0.180. The summed E-state index contributed by atoms with van der Waals surface area (Å²) >= 11 is 9.24. The van der Waals surface area contributed by atoms with Crippen molar-refractivity contribution in [2.24, 2.45) is 0 Å². The van der Waals surface area contributed by atoms with Crippen LogP contribution in [-0.2, 0) is 0 Å². The monoisotopic (exact) mass is 358 g/mol. The summed E-state index contributed by atoms with van der Waals surface area (Å²) in [6, 6.07) is 7.48. The van der Waals surface area contributed by atoms with Crippen molar-refractivity contribution in [3.63, 3.8) is 0 Å². The number of aromatic carboxylic acids is 1. The van der Waals surface area contributed by atoms with E-state index >= 15 is 0 Å². The van der Waals surface area contributed by atoms with Crippen LogP contribution in [-0.4, -0.2) is 11.1 Å². The van der Waals surface area contributed by atoms with Crippen LogP contribution in [0.2, 0.25) is 5.02 Å². The number of nitrogens with one attached hydrogen (secondary N) is 1. The highest BCUT2D eigenvalue weighted by molar-refractivity contribution is 9.10. The van der Waals surface area contributed by atoms with E-state index in [1.165, 1.54) is 6.07 Å². The molecule has 0 saturated carbocycles. The molecule has 0 aliphatic heterocycles. The van der Waals surface area contributed by atoms with Crippen molar-refractivity contribution in [2.45, 2.75) is 0 Å². The van der Waals surface area contributed by atoms with Crippen LogP contribution in [0.3, 0.4) is 0 Å². The Morgan fingerprint density at radius 2 is 2.00 bits per heavy atom. The number of anilines is 3. The fraction of sp³-hybridized carbons (Fsp3) is 0. The third kappa shape index (κ3) is 2.71. The van der Waals surface area contributed by atoms with Crippen LogP contribution in [0, 0.1) is 5.82 Å². The van der Waals surface area contributed by atoms with Crippen molar-refractivity contribution < 1.29 is 14.3 Å². The van der Waals surface area contributed by atoms with Crippen LogP contribution in [0.1, 0.15) is 10.4 Å². The van der Waals surface area contributed by atoms with Gasteiger partial charge in [-0.1, -0.05) is 17.7 Å². The number of carbonyl (C=O) groups is 1. The minimum Gasteiger partial charge on any atom is -0.478 e. The summed E-state index contributed by atoms with van der Waals surface area (Å²) in [5.74, 6) is -2.10. The van der Waals surface area contributed by atoms with Gasteiger partial charge in [-0.2, -0.15) is 0 Å². The van der Waals surface area contributed by atoms with E-state index in [1.807, 2.05) is 0 Å². The highest BCUT2D eigenvalue weighted by atomic mass is 79.9. The van der Waals surface area contributed by atoms with Gasteiger partial charge in [0.05, 0.1) is 26.6 Å². The van der Waals surface area contributed by atoms with E-state index in [0.717, 1.165) is 6.07 Å². The first kappa shape index (κ1) is 14.6. The number of carboxylic acids is 1. The fourth-order valence-electron chi connectivity index (χ4n) is 1.67. The van der Waals surface area contributed by atoms with Crippen LogP contribution in [0.5, 0.6) is 0 Å². The lowest BCUT2D eigenvalue weighted by atomic mass is 10.1. The van der Waals surface area contributed by atoms with Gasteiger partial charge in [0.15, 0.2) is 0 Å². The molecule has 4 nitrogen and oxygen atoms in total. The van der Waals surface area contributed by atoms with Crippen LogP contribution >= 0.6 is 27.5 Å². The summed E-state index contributed by atoms with van der Waals surface area (Å²) < 4.78 is 13.9. The maximum absolute atomic E-state index is 13.4. The molecule has 4 N–H and O–H groups in total. The summed E-state index contributed by atoms with van der Waals surface area (Å²) in [5.41, 5.74) is 5.46. The molecule has 0 aromatic heterocycles. The molecule has 0 heterocycles. The maximum atomic E-state index is 13.4. The normalized spacial score (nSPS) is 10.3. The largest absolute Gasteiger partial charge is 0.478 e. The molecular weight excluding hydrogens is 351 g/mol. The Balaban J connectivity index is 2.52. The molecule has 2 aromatic carbocycles. The first-order chi connectivity index (χ1) is 9.41. The number of carboxylic acid groups (broad SMARTS) is 1. The third-order valence-electron chi connectivity index (χ3n) is 2.63. The van der Waals surface area contributed by atoms with E-state index in [2.05, 4.69) is 21.2 Å². The molecule has 2 rings (SSSR count). The van der Waals surface area contributed by atoms with Gasteiger partial charge in [0.1, 0.15) is 11.4 Å². The Morgan fingerprint density at radius 3 is 2.65 bits per heavy atom. The van der Waals surface area contributed by atoms with E-state index in [0.29, 0.717) is 15.2 Å². The molecule has 0 aliphatic rings. The summed E-state index contributed by atoms with van der Waals surface area (Å²) in [6.45, 7) is 0. The van der Waals surface area contributed by atoms with Gasteiger partial charge in [0.25, 0.3) is 0 Å². The first-order valence-corrected chi connectivity index (χ1v) is 6.61. The number of nitrogens with two attached hydrogens (primary N) is 1. The number of hydrogen-bond acceptors (Lipinski definition) is 3. The molecule has 0 radical (unpaired) electrons. The molecule has 0 unspecified atom stereocenters. The molecule has 0 spiro atoms. The van der Waals surface area contributed by atoms with Crippen LogP contribution < -0.4 is 11.1 Å². The lowest BCUT2D eigenvalue weighted by Gasteiger charge is -2.13. The molecule has 0 saturated heterocycles. The summed E-state index contributed by atoms with van der Waals surface area (Å²) in [4.78, 5) is 11.2. The number of hydrogen-bond donors (Lipinski definition) is 3. The smallest absolute Gasteiger partial charge is 0.340 e. The second-order valence-electron chi connectivity index (χ2n) is 3.92. The molecule has 104 valence electrons. The molecule has 20 heavy (non-hydrogen) atoms. The number of benzene rings is 2. The second kappa shape index (κ2) is 5.68. The molecular formula is C13H9BrClFN2O2. The van der Waals surface area contributed by atoms with Gasteiger partial charge in [0.2, 0.25) is 0 Å². The standard InChI is InChI=1S/C13H9BrClFN2O2/c14-11-6(15)2-1-3-9(11)18-8-5-4-7(16)12(17)10(8)13(19)20/h1-5,18H,17H2,(H,19,20). The molecule has 0 fully saturated rings. The van der Waals surface area contributed by atoms with Crippen molar-refractivity contribution in [3.8, 4) is 0 Å². The average Bonchev–Trinajstić information content (AvgIpc) is 2.39. The van der Waals surface area contributed by atoms with Crippen molar-refractivity contribution in [1.29, 1.82) is 0 Å². The zero-order valence-corrected chi connectivity index (χ0v) is 12.3. The topological polar surface area (TPSA) is 75.3 Å². The zero-order valence-electron chi connectivity index (χ0n) is 9.95. The molecule has 0 amide bonds. The van der Waals surface area contributed by atoms with Crippen molar-refractivity contribution in [1.82, 2.24) is 0 Å². The molecule has 0 bridgehead atoms. The maximum Gasteiger partial charge on any atom is 0.340 e. The molecule has 0 aliphatic carbocycles. The zero-order chi connectivity index (χ0) is 14.9. The summed E-state index contributed by atoms with van der Waals surface area (Å²) in [6.07, 6.45) is 0. The van der Waals surface area contributed by atoms with Crippen molar-refractivity contribution >= 4 is 50.6 Å². The Hall–Kier alpha value is -1.79. The van der Waals surface area contributed by atoms with Gasteiger partial charge in [-0.3, -0.25) is 0 Å². The van der Waals surface area contributed by atoms with Gasteiger partial charge in [0, 0.05) is 0 Å². The second-order valence-corrected chi connectivity index (χ2v) is 5.12. The van der Waals surface area contributed by atoms with Gasteiger partial charge in [-0.05, 0) is 40.2 Å². The lowest BCUT2D eigenvalue weighted by Crippen LogP contribution is -2.08. The van der Waals surface area contributed by atoms with Crippen molar-refractivity contribution in [3.05, 3.63) is 51.2 Å². The van der Waals surface area contributed by atoms with E-state index in [-0.39, 0.29) is 11.3 Å². The summed E-state index contributed by atoms with van der Waals surface area (Å²) in [7, 11) is 0. The summed E-state index contributed by atoms with van der Waals surface area (Å²) in [5, 5.41) is 12.5. The number of rotatable bonds is 3. The molecule has 0 atom stereocenters. The number of nitrogen functional groups attached to an aromatic ring is 1. The van der Waals surface area contributed by atoms with Crippen LogP contribution in [0.4, 0.5) is 21.5 Å². The van der Waals surface area contributed by atoms with E-state index in [9.17, 15) is 9.18 Å². The predicted molar refractivity (Wildman–Crippen MR) is 80.2 cm³/mol. The predicted octanol–water partition coefficient (Wildman–Crippen LogP) is 4.27. The highest BCUT2D eigenvalue weighted by Crippen LogP contribution is 2.34. The Labute approximate surface area is 127 Å². The van der Waals surface area contributed by atoms with E-state index in [1.54, 1.807) is 18.2 Å². The quantitative estimate of drug-likeness (QED) is 0.716. The first-order valence-electron chi connectivity index (χ1n) is 5.44. The van der Waals surface area contributed by atoms with Gasteiger partial charge >= 0.3 is 5.97 Å². The van der Waals surface area contributed by atoms with Crippen LogP contribution in [0.25, 0.3) is 0 Å². The third-order valence-corrected chi connectivity index (χ3v) is 4.02. The van der Waals surface area contributed by atoms with Crippen LogP contribution in [0.15, 0.2) is 34.8 Å². The average molecular weight is 360 g/mol. The Bertz CT molecular complexity index is 694. The Kier molecular flexibility index (Phi) is 4.15. The van der Waals surface area contributed by atoms with E-state index < -0.39 is 17.5 Å². The van der Waals surface area contributed by atoms with Gasteiger partial charge < -0.3 is 16.2 Å². The SMILES string of the molecule is Nc1c(F)ccc(Nc2cccc(Cl)c2Br)c1C(=O)O. The Morgan fingerprint density at radius 1 is 1.30 bits per heavy atom. The fourth-order valence-corrected chi connectivity index (χ4v) is 2.21. The van der Waals surface area contributed by atoms with Gasteiger partial charge in [-0.25, -0.2) is 9.18 Å². The highest BCUT2D eigenvalue weighted by Gasteiger charge is 2.18. The minimum atomic E-state index is -1.32. The van der Waals surface area contributed by atoms with Gasteiger partial charge in [-0.15, -0.1) is 0 Å².